The molecule has 1 nitrogen and oxygen atoms in total. The molecule has 0 amide bonds. The van der Waals surface area contributed by atoms with Crippen LogP contribution in [0.5, 0.6) is 0 Å². The highest BCUT2D eigenvalue weighted by Gasteiger charge is 2.06. The predicted molar refractivity (Wildman–Crippen MR) is 59.9 cm³/mol. The second-order valence-corrected chi connectivity index (χ2v) is 4.27. The van der Waals surface area contributed by atoms with Crippen LogP contribution in [0, 0.1) is 0 Å². The Hall–Kier alpha value is -0.863. The van der Waals surface area contributed by atoms with E-state index in [9.17, 15) is 0 Å². The van der Waals surface area contributed by atoms with Crippen molar-refractivity contribution in [3.05, 3.63) is 48.6 Å². The highest BCUT2D eigenvalue weighted by Crippen LogP contribution is 2.17. The van der Waals surface area contributed by atoms with Crippen LogP contribution in [-0.2, 0) is 4.74 Å². The van der Waals surface area contributed by atoms with Crippen molar-refractivity contribution in [1.29, 1.82) is 0 Å². The van der Waals surface area contributed by atoms with Crippen LogP contribution in [0.1, 0.15) is 18.6 Å². The van der Waals surface area contributed by atoms with Crippen LogP contribution < -0.4 is 0 Å². The molecule has 0 spiro atoms. The third-order valence-electron chi connectivity index (χ3n) is 2.02. The molecule has 0 fully saturated rings. The number of ether oxygens (including phenoxy) is 1. The van der Waals surface area contributed by atoms with E-state index in [4.69, 9.17) is 4.74 Å². The lowest BCUT2D eigenvalue weighted by atomic mass is 10.1. The van der Waals surface area contributed by atoms with E-state index in [1.165, 1.54) is 5.56 Å². The fourth-order valence-corrected chi connectivity index (χ4v) is 1.59. The lowest BCUT2D eigenvalue weighted by Gasteiger charge is -2.16. The predicted octanol–water partition coefficient (Wildman–Crippen LogP) is 1.64. The molecule has 2 heteroatoms. The second kappa shape index (κ2) is 4.99. The van der Waals surface area contributed by atoms with Crippen molar-refractivity contribution in [3.63, 3.8) is 0 Å². The van der Waals surface area contributed by atoms with Gasteiger partial charge in [0.05, 0.1) is 11.8 Å². The summed E-state index contributed by atoms with van der Waals surface area (Å²) < 4.78 is 5.73. The molecule has 0 aliphatic carbocycles. The van der Waals surface area contributed by atoms with Gasteiger partial charge in [-0.1, -0.05) is 36.4 Å². The van der Waals surface area contributed by atoms with Crippen LogP contribution in [0.4, 0.5) is 0 Å². The lowest BCUT2D eigenvalue weighted by Crippen LogP contribution is -2.12. The van der Waals surface area contributed by atoms with Crippen LogP contribution in [0.3, 0.4) is 0 Å². The zero-order valence-corrected chi connectivity index (χ0v) is 10.2. The molecule has 0 aromatic heterocycles. The van der Waals surface area contributed by atoms with E-state index in [1.807, 2.05) is 24.3 Å². The first-order valence-electron chi connectivity index (χ1n) is 4.57. The number of rotatable bonds is 4. The number of hydrogen-bond acceptors (Lipinski definition) is 1. The zero-order valence-electron chi connectivity index (χ0n) is 8.23. The van der Waals surface area contributed by atoms with Gasteiger partial charge in [0.25, 0.3) is 0 Å². The highest BCUT2D eigenvalue weighted by atomic mass is 28.1. The number of benzene rings is 1. The van der Waals surface area contributed by atoms with E-state index in [0.717, 1.165) is 10.2 Å². The van der Waals surface area contributed by atoms with Gasteiger partial charge in [-0.25, -0.2) is 0 Å². The van der Waals surface area contributed by atoms with Gasteiger partial charge in [0, 0.05) is 10.2 Å². The van der Waals surface area contributed by atoms with Gasteiger partial charge in [0.15, 0.2) is 0 Å². The highest BCUT2D eigenvalue weighted by molar-refractivity contribution is 6.12. The first-order chi connectivity index (χ1) is 6.24. The molecule has 0 aliphatic rings. The molecule has 0 aliphatic heterocycles. The molecule has 0 N–H and O–H groups in total. The minimum absolute atomic E-state index is 0.168. The number of hydrogen-bond donors (Lipinski definition) is 0. The molecular weight excluding hydrogens is 176 g/mol. The molecule has 0 saturated heterocycles. The Labute approximate surface area is 82.9 Å². The van der Waals surface area contributed by atoms with Crippen molar-refractivity contribution in [2.24, 2.45) is 0 Å². The molecule has 2 atom stereocenters. The Bertz CT molecular complexity index is 258. The fourth-order valence-electron chi connectivity index (χ4n) is 1.18. The first-order valence-corrected chi connectivity index (χ1v) is 5.72. The summed E-state index contributed by atoms with van der Waals surface area (Å²) in [6.07, 6.45) is 2.03. The normalized spacial score (nSPS) is 15.2. The van der Waals surface area contributed by atoms with Crippen molar-refractivity contribution in [2.75, 3.05) is 0 Å². The largest absolute Gasteiger partial charge is 0.371 e. The minimum atomic E-state index is 0.168. The van der Waals surface area contributed by atoms with E-state index in [0.29, 0.717) is 0 Å². The van der Waals surface area contributed by atoms with Crippen molar-refractivity contribution < 1.29 is 4.74 Å². The zero-order chi connectivity index (χ0) is 9.68. The lowest BCUT2D eigenvalue weighted by molar-refractivity contribution is 0.0654. The molecule has 13 heavy (non-hydrogen) atoms. The Balaban J connectivity index is 2.58. The van der Waals surface area contributed by atoms with Gasteiger partial charge in [-0.3, -0.25) is 0 Å². The summed E-state index contributed by atoms with van der Waals surface area (Å²) in [5.41, 5.74) is 1.47. The van der Waals surface area contributed by atoms with Gasteiger partial charge in [-0.2, -0.15) is 0 Å². The van der Waals surface area contributed by atoms with Crippen molar-refractivity contribution in [1.82, 2.24) is 0 Å². The van der Waals surface area contributed by atoms with Gasteiger partial charge in [-0.05, 0) is 12.5 Å². The third-order valence-corrected chi connectivity index (χ3v) is 2.76. The molecule has 0 bridgehead atoms. The third kappa shape index (κ3) is 3.17. The van der Waals surface area contributed by atoms with Crippen LogP contribution in [0.15, 0.2) is 43.0 Å². The van der Waals surface area contributed by atoms with Crippen LogP contribution in [-0.4, -0.2) is 16.0 Å². The van der Waals surface area contributed by atoms with E-state index >= 15 is 0 Å². The quantitative estimate of drug-likeness (QED) is 0.520. The standard InChI is InChI=1S/C11H16OSi/c1-3-11(13)12-9(2)10-7-5-4-6-8-10/h3-9,11H,1H2,2,13H3. The summed E-state index contributed by atoms with van der Waals surface area (Å²) in [5.74, 6) is 0. The van der Waals surface area contributed by atoms with Gasteiger partial charge in [-0.15, -0.1) is 6.58 Å². The Kier molecular flexibility index (Phi) is 3.93. The first kappa shape index (κ1) is 10.2. The van der Waals surface area contributed by atoms with E-state index in [2.05, 4.69) is 25.6 Å². The van der Waals surface area contributed by atoms with Crippen molar-refractivity contribution in [3.8, 4) is 0 Å². The summed E-state index contributed by atoms with van der Waals surface area (Å²) in [6, 6.07) is 10.3. The molecular formula is C11H16OSi. The summed E-state index contributed by atoms with van der Waals surface area (Å²) >= 11 is 0. The molecule has 0 heterocycles. The Morgan fingerprint density at radius 3 is 2.54 bits per heavy atom. The Morgan fingerprint density at radius 2 is 2.00 bits per heavy atom. The van der Waals surface area contributed by atoms with Crippen LogP contribution >= 0.6 is 0 Å². The fraction of sp³-hybridized carbons (Fsp3) is 0.273. The summed E-state index contributed by atoms with van der Waals surface area (Å²) in [5, 5.41) is 0. The molecule has 2 unspecified atom stereocenters. The monoisotopic (exact) mass is 192 g/mol. The van der Waals surface area contributed by atoms with Crippen molar-refractivity contribution in [2.45, 2.75) is 18.8 Å². The SMILES string of the molecule is C=CC([SiH3])OC(C)c1ccccc1. The smallest absolute Gasteiger partial charge is 0.0800 e. The average molecular weight is 192 g/mol. The molecule has 70 valence electrons. The summed E-state index contributed by atoms with van der Waals surface area (Å²) in [7, 11) is 0.998. The molecule has 0 saturated carbocycles. The topological polar surface area (TPSA) is 9.23 Å². The molecule has 0 radical (unpaired) electrons. The maximum atomic E-state index is 5.73. The van der Waals surface area contributed by atoms with Crippen LogP contribution in [0.2, 0.25) is 0 Å². The van der Waals surface area contributed by atoms with Gasteiger partial charge in [0.2, 0.25) is 0 Å². The van der Waals surface area contributed by atoms with E-state index < -0.39 is 0 Å². The Morgan fingerprint density at radius 1 is 1.38 bits per heavy atom. The van der Waals surface area contributed by atoms with Gasteiger partial charge in [0.1, 0.15) is 0 Å². The molecule has 1 aromatic carbocycles. The van der Waals surface area contributed by atoms with Gasteiger partial charge < -0.3 is 4.74 Å². The maximum absolute atomic E-state index is 5.73. The maximum Gasteiger partial charge on any atom is 0.0800 e. The molecule has 1 aromatic rings. The summed E-state index contributed by atoms with van der Waals surface area (Å²) in [6.45, 7) is 5.79. The minimum Gasteiger partial charge on any atom is -0.371 e. The van der Waals surface area contributed by atoms with Crippen LogP contribution in [0.25, 0.3) is 0 Å². The molecule has 1 rings (SSSR count). The summed E-state index contributed by atoms with van der Waals surface area (Å²) in [4.78, 5) is 0. The average Bonchev–Trinajstić information content (AvgIpc) is 2.19. The second-order valence-electron chi connectivity index (χ2n) is 3.13. The van der Waals surface area contributed by atoms with E-state index in [-0.39, 0.29) is 11.8 Å². The van der Waals surface area contributed by atoms with Gasteiger partial charge >= 0.3 is 0 Å². The van der Waals surface area contributed by atoms with Crippen molar-refractivity contribution >= 4 is 10.2 Å². The van der Waals surface area contributed by atoms with E-state index in [1.54, 1.807) is 0 Å².